The Bertz CT molecular complexity index is 1330. The zero-order valence-corrected chi connectivity index (χ0v) is 20.8. The van der Waals surface area contributed by atoms with Crippen molar-refractivity contribution in [3.05, 3.63) is 76.9 Å². The van der Waals surface area contributed by atoms with Crippen molar-refractivity contribution in [2.24, 2.45) is 0 Å². The molecule has 0 saturated heterocycles. The number of rotatable bonds is 10. The molecule has 9 nitrogen and oxygen atoms in total. The number of carbonyl (C=O) groups excluding carboxylic acids is 1. The van der Waals surface area contributed by atoms with Crippen molar-refractivity contribution in [3.63, 3.8) is 0 Å². The second kappa shape index (κ2) is 10.9. The minimum atomic E-state index is -1.26. The number of carbonyl (C=O) groups is 2. The van der Waals surface area contributed by atoms with Crippen molar-refractivity contribution in [2.75, 3.05) is 35.2 Å². The first-order chi connectivity index (χ1) is 17.9. The molecule has 0 amide bonds. The van der Waals surface area contributed by atoms with Gasteiger partial charge < -0.3 is 33.5 Å². The van der Waals surface area contributed by atoms with Crippen molar-refractivity contribution in [3.8, 4) is 34.5 Å². The minimum absolute atomic E-state index is 0.0301. The molecule has 0 unspecified atom stereocenters. The molecule has 0 fully saturated rings. The summed E-state index contributed by atoms with van der Waals surface area (Å²) in [6, 6.07) is 14.6. The summed E-state index contributed by atoms with van der Waals surface area (Å²) in [4.78, 5) is 26.5. The number of hydrogen-bond donors (Lipinski definition) is 1. The average molecular weight is 507 g/mol. The summed E-state index contributed by atoms with van der Waals surface area (Å²) in [7, 11) is 5.97. The number of carboxylic acid groups (broad SMARTS) is 1. The lowest BCUT2D eigenvalue weighted by Gasteiger charge is -2.17. The molecular weight excluding hydrogens is 480 g/mol. The first-order valence-corrected chi connectivity index (χ1v) is 11.2. The molecule has 37 heavy (non-hydrogen) atoms. The van der Waals surface area contributed by atoms with Gasteiger partial charge in [0.05, 0.1) is 34.0 Å². The molecule has 0 saturated carbocycles. The van der Waals surface area contributed by atoms with E-state index in [1.54, 1.807) is 54.6 Å². The molecule has 9 heteroatoms. The Morgan fingerprint density at radius 2 is 1.41 bits per heavy atom. The normalized spacial score (nSPS) is 12.4. The van der Waals surface area contributed by atoms with Crippen molar-refractivity contribution >= 4 is 17.3 Å². The van der Waals surface area contributed by atoms with Gasteiger partial charge in [-0.2, -0.15) is 0 Å². The highest BCUT2D eigenvalue weighted by Gasteiger charge is 2.27. The number of benzene rings is 3. The van der Waals surface area contributed by atoms with Crippen molar-refractivity contribution in [2.45, 2.75) is 6.42 Å². The molecule has 0 spiro atoms. The Morgan fingerprint density at radius 3 is 1.97 bits per heavy atom. The Hall–Kier alpha value is -4.66. The van der Waals surface area contributed by atoms with E-state index in [0.717, 1.165) is 0 Å². The maximum absolute atomic E-state index is 13.8. The molecule has 1 heterocycles. The first kappa shape index (κ1) is 25.4. The number of ketones is 1. The van der Waals surface area contributed by atoms with E-state index in [9.17, 15) is 14.7 Å². The lowest BCUT2D eigenvalue weighted by Crippen LogP contribution is -2.14. The van der Waals surface area contributed by atoms with Crippen LogP contribution in [0.15, 0.2) is 60.2 Å². The van der Waals surface area contributed by atoms with Crippen LogP contribution < -0.4 is 28.4 Å². The average Bonchev–Trinajstić information content (AvgIpc) is 3.39. The fourth-order valence-electron chi connectivity index (χ4n) is 4.12. The predicted molar refractivity (Wildman–Crippen MR) is 134 cm³/mol. The molecule has 4 rings (SSSR count). The molecule has 0 radical (unpaired) electrons. The molecule has 0 atom stereocenters. The number of Topliss-reactive ketones (excluding diaryl/α,β-unsaturated/α-hetero) is 1. The van der Waals surface area contributed by atoms with Crippen molar-refractivity contribution in [1.29, 1.82) is 0 Å². The van der Waals surface area contributed by atoms with Crippen LogP contribution in [-0.4, -0.2) is 52.1 Å². The van der Waals surface area contributed by atoms with Crippen LogP contribution >= 0.6 is 0 Å². The van der Waals surface area contributed by atoms with Gasteiger partial charge in [0.2, 0.25) is 12.5 Å². The fraction of sp³-hybridized carbons (Fsp3) is 0.214. The second-order valence-electron chi connectivity index (χ2n) is 7.99. The van der Waals surface area contributed by atoms with E-state index >= 15 is 0 Å². The molecule has 192 valence electrons. The van der Waals surface area contributed by atoms with Gasteiger partial charge in [0.15, 0.2) is 28.8 Å². The molecule has 0 bridgehead atoms. The number of fused-ring (bicyclic) bond motifs is 1. The molecule has 3 aromatic carbocycles. The largest absolute Gasteiger partial charge is 0.497 e. The molecule has 0 aromatic heterocycles. The summed E-state index contributed by atoms with van der Waals surface area (Å²) in [5.41, 5.74) is 1.10. The SMILES string of the molecule is COc1ccc(C(=O)/C(Cc2cc(OC)c(OC)c(OC)c2)=C(/C(=O)O)c2ccc3c(c2)OCO3)cc1. The van der Waals surface area contributed by atoms with E-state index in [1.165, 1.54) is 28.4 Å². The lowest BCUT2D eigenvalue weighted by molar-refractivity contribution is -0.130. The van der Waals surface area contributed by atoms with Gasteiger partial charge in [-0.05, 0) is 59.7 Å². The fourth-order valence-corrected chi connectivity index (χ4v) is 4.12. The number of ether oxygens (including phenoxy) is 6. The minimum Gasteiger partial charge on any atom is -0.497 e. The van der Waals surface area contributed by atoms with E-state index < -0.39 is 11.8 Å². The molecule has 1 N–H and O–H groups in total. The van der Waals surface area contributed by atoms with Crippen LogP contribution in [0.2, 0.25) is 0 Å². The highest BCUT2D eigenvalue weighted by Crippen LogP contribution is 2.40. The molecular formula is C28H26O9. The summed E-state index contributed by atoms with van der Waals surface area (Å²) in [5, 5.41) is 10.3. The monoisotopic (exact) mass is 506 g/mol. The Balaban J connectivity index is 1.90. The number of carboxylic acids is 1. The van der Waals surface area contributed by atoms with E-state index in [0.29, 0.717) is 51.2 Å². The van der Waals surface area contributed by atoms with E-state index in [1.807, 2.05) is 0 Å². The number of methoxy groups -OCH3 is 4. The topological polar surface area (TPSA) is 110 Å². The predicted octanol–water partition coefficient (Wildman–Crippen LogP) is 4.41. The van der Waals surface area contributed by atoms with E-state index in [2.05, 4.69) is 0 Å². The summed E-state index contributed by atoms with van der Waals surface area (Å²) < 4.78 is 32.3. The third kappa shape index (κ3) is 5.16. The van der Waals surface area contributed by atoms with Gasteiger partial charge >= 0.3 is 5.97 Å². The van der Waals surface area contributed by atoms with Crippen LogP contribution in [0, 0.1) is 0 Å². The molecule has 3 aromatic rings. The van der Waals surface area contributed by atoms with Gasteiger partial charge in [0, 0.05) is 17.6 Å². The Kier molecular flexibility index (Phi) is 7.52. The molecule has 0 aliphatic carbocycles. The van der Waals surface area contributed by atoms with Gasteiger partial charge in [-0.25, -0.2) is 4.79 Å². The zero-order valence-electron chi connectivity index (χ0n) is 20.8. The van der Waals surface area contributed by atoms with Crippen LogP contribution in [0.4, 0.5) is 0 Å². The van der Waals surface area contributed by atoms with Gasteiger partial charge in [-0.1, -0.05) is 6.07 Å². The van der Waals surface area contributed by atoms with E-state index in [-0.39, 0.29) is 24.4 Å². The summed E-state index contributed by atoms with van der Waals surface area (Å²) in [6.45, 7) is 0.0357. The molecule has 1 aliphatic heterocycles. The lowest BCUT2D eigenvalue weighted by atomic mass is 9.89. The Morgan fingerprint density at radius 1 is 0.784 bits per heavy atom. The van der Waals surface area contributed by atoms with Gasteiger partial charge in [-0.3, -0.25) is 4.79 Å². The maximum Gasteiger partial charge on any atom is 0.336 e. The number of aliphatic carboxylic acids is 1. The van der Waals surface area contributed by atoms with Gasteiger partial charge in [0.1, 0.15) is 5.75 Å². The molecule has 1 aliphatic rings. The number of allylic oxidation sites excluding steroid dienone is 1. The summed E-state index contributed by atoms with van der Waals surface area (Å²) in [5.74, 6) is 0.910. The highest BCUT2D eigenvalue weighted by atomic mass is 16.7. The smallest absolute Gasteiger partial charge is 0.336 e. The third-order valence-electron chi connectivity index (χ3n) is 5.91. The van der Waals surface area contributed by atoms with Crippen LogP contribution in [0.25, 0.3) is 5.57 Å². The number of hydrogen-bond acceptors (Lipinski definition) is 8. The summed E-state index contributed by atoms with van der Waals surface area (Å²) >= 11 is 0. The van der Waals surface area contributed by atoms with Crippen molar-refractivity contribution in [1.82, 2.24) is 0 Å². The van der Waals surface area contributed by atoms with Crippen LogP contribution in [0.5, 0.6) is 34.5 Å². The van der Waals surface area contributed by atoms with Gasteiger partial charge in [0.25, 0.3) is 0 Å². The first-order valence-electron chi connectivity index (χ1n) is 11.2. The Labute approximate surface area is 213 Å². The summed E-state index contributed by atoms with van der Waals surface area (Å²) in [6.07, 6.45) is -0.0301. The third-order valence-corrected chi connectivity index (χ3v) is 5.91. The van der Waals surface area contributed by atoms with Crippen LogP contribution in [-0.2, 0) is 11.2 Å². The van der Waals surface area contributed by atoms with Gasteiger partial charge in [-0.15, -0.1) is 0 Å². The van der Waals surface area contributed by atoms with Crippen LogP contribution in [0.1, 0.15) is 21.5 Å². The maximum atomic E-state index is 13.8. The highest BCUT2D eigenvalue weighted by molar-refractivity contribution is 6.26. The van der Waals surface area contributed by atoms with Crippen molar-refractivity contribution < 1.29 is 43.1 Å². The van der Waals surface area contributed by atoms with Crippen LogP contribution in [0.3, 0.4) is 0 Å². The van der Waals surface area contributed by atoms with E-state index in [4.69, 9.17) is 28.4 Å². The zero-order chi connectivity index (χ0) is 26.5. The second-order valence-corrected chi connectivity index (χ2v) is 7.99. The quantitative estimate of drug-likeness (QED) is 0.316. The standard InChI is InChI=1S/C28H26O9/c1-32-19-8-5-17(6-9-19)26(29)20(11-16-12-23(33-2)27(35-4)24(13-16)34-3)25(28(30)31)18-7-10-21-22(14-18)37-15-36-21/h5-10,12-14H,11,15H2,1-4H3,(H,30,31)/b25-20+.